The summed E-state index contributed by atoms with van der Waals surface area (Å²) in [6.45, 7) is 10.4. The maximum Gasteiger partial charge on any atom is 0.0652 e. The molecule has 2 aliphatic carbocycles. The molecule has 0 aliphatic heterocycles. The Bertz CT molecular complexity index is 321. The summed E-state index contributed by atoms with van der Waals surface area (Å²) >= 11 is 0. The van der Waals surface area contributed by atoms with Crippen molar-refractivity contribution in [1.82, 2.24) is 5.32 Å². The standard InChI is InChI=1S/C16H29NO/c1-11-6-12(2)8-13(7-11)10-17-14-9-15(18-5)16(14,3)4/h6,11,13-15,17H,7-10H2,1-5H3. The first kappa shape index (κ1) is 14.1. The molecule has 0 saturated heterocycles. The Morgan fingerprint density at radius 2 is 2.11 bits per heavy atom. The lowest BCUT2D eigenvalue weighted by molar-refractivity contribution is -0.0982. The van der Waals surface area contributed by atoms with Crippen LogP contribution in [0.2, 0.25) is 0 Å². The number of methoxy groups -OCH3 is 1. The van der Waals surface area contributed by atoms with Gasteiger partial charge in [-0.3, -0.25) is 0 Å². The molecule has 0 spiro atoms. The lowest BCUT2D eigenvalue weighted by Crippen LogP contribution is -2.61. The lowest BCUT2D eigenvalue weighted by atomic mass is 9.64. The van der Waals surface area contributed by atoms with Gasteiger partial charge in [-0.15, -0.1) is 0 Å². The third kappa shape index (κ3) is 2.80. The molecule has 0 bridgehead atoms. The van der Waals surface area contributed by atoms with Crippen LogP contribution in [0.4, 0.5) is 0 Å². The van der Waals surface area contributed by atoms with Gasteiger partial charge in [-0.25, -0.2) is 0 Å². The van der Waals surface area contributed by atoms with Gasteiger partial charge in [-0.2, -0.15) is 0 Å². The van der Waals surface area contributed by atoms with E-state index >= 15 is 0 Å². The molecule has 0 aromatic carbocycles. The van der Waals surface area contributed by atoms with E-state index in [1.54, 1.807) is 5.57 Å². The second-order valence-electron chi connectivity index (χ2n) is 7.04. The van der Waals surface area contributed by atoms with Gasteiger partial charge in [0, 0.05) is 18.6 Å². The van der Waals surface area contributed by atoms with Gasteiger partial charge in [0.2, 0.25) is 0 Å². The Morgan fingerprint density at radius 3 is 2.67 bits per heavy atom. The number of ether oxygens (including phenoxy) is 1. The summed E-state index contributed by atoms with van der Waals surface area (Å²) in [5.41, 5.74) is 1.86. The van der Waals surface area contributed by atoms with Crippen LogP contribution in [0.1, 0.15) is 47.0 Å². The van der Waals surface area contributed by atoms with Crippen LogP contribution in [-0.2, 0) is 4.74 Å². The minimum absolute atomic E-state index is 0.292. The number of hydrogen-bond acceptors (Lipinski definition) is 2. The Labute approximate surface area is 112 Å². The monoisotopic (exact) mass is 251 g/mol. The minimum atomic E-state index is 0.292. The zero-order valence-corrected chi connectivity index (χ0v) is 12.6. The predicted molar refractivity (Wildman–Crippen MR) is 76.6 cm³/mol. The molecule has 104 valence electrons. The van der Waals surface area contributed by atoms with E-state index < -0.39 is 0 Å². The van der Waals surface area contributed by atoms with Gasteiger partial charge in [0.15, 0.2) is 0 Å². The molecule has 4 unspecified atom stereocenters. The quantitative estimate of drug-likeness (QED) is 0.773. The molecule has 0 amide bonds. The summed E-state index contributed by atoms with van der Waals surface area (Å²) in [6, 6.07) is 0.629. The molecule has 0 radical (unpaired) electrons. The van der Waals surface area contributed by atoms with Crippen molar-refractivity contribution >= 4 is 0 Å². The van der Waals surface area contributed by atoms with E-state index in [0.717, 1.165) is 11.8 Å². The van der Waals surface area contributed by atoms with E-state index in [-0.39, 0.29) is 0 Å². The zero-order chi connectivity index (χ0) is 13.3. The molecule has 2 aliphatic rings. The van der Waals surface area contributed by atoms with Crippen LogP contribution >= 0.6 is 0 Å². The molecule has 0 aromatic heterocycles. The highest BCUT2D eigenvalue weighted by molar-refractivity contribution is 5.07. The Kier molecular flexibility index (Phi) is 4.18. The first-order valence-corrected chi connectivity index (χ1v) is 7.37. The van der Waals surface area contributed by atoms with Crippen LogP contribution < -0.4 is 5.32 Å². The molecule has 1 saturated carbocycles. The summed E-state index contributed by atoms with van der Waals surface area (Å²) in [5, 5.41) is 3.78. The van der Waals surface area contributed by atoms with Gasteiger partial charge in [0.25, 0.3) is 0 Å². The molecule has 2 heteroatoms. The average molecular weight is 251 g/mol. The van der Waals surface area contributed by atoms with Crippen molar-refractivity contribution in [3.63, 3.8) is 0 Å². The SMILES string of the molecule is COC1CC(NCC2CC(C)=CC(C)C2)C1(C)C. The zero-order valence-electron chi connectivity index (χ0n) is 12.6. The van der Waals surface area contributed by atoms with Crippen molar-refractivity contribution in [3.05, 3.63) is 11.6 Å². The van der Waals surface area contributed by atoms with E-state index in [9.17, 15) is 0 Å². The Balaban J connectivity index is 1.78. The number of hydrogen-bond donors (Lipinski definition) is 1. The molecular formula is C16H29NO. The summed E-state index contributed by atoms with van der Waals surface area (Å²) in [6.07, 6.45) is 6.65. The van der Waals surface area contributed by atoms with E-state index in [1.807, 2.05) is 7.11 Å². The Morgan fingerprint density at radius 1 is 1.39 bits per heavy atom. The van der Waals surface area contributed by atoms with Crippen LogP contribution in [-0.4, -0.2) is 25.8 Å². The molecule has 0 heterocycles. The van der Waals surface area contributed by atoms with Gasteiger partial charge >= 0.3 is 0 Å². The third-order valence-corrected chi connectivity index (χ3v) is 5.00. The molecule has 1 fully saturated rings. The van der Waals surface area contributed by atoms with Crippen LogP contribution in [0.15, 0.2) is 11.6 Å². The Hall–Kier alpha value is -0.340. The van der Waals surface area contributed by atoms with Crippen LogP contribution in [0, 0.1) is 17.3 Å². The molecule has 1 N–H and O–H groups in total. The smallest absolute Gasteiger partial charge is 0.0652 e. The van der Waals surface area contributed by atoms with E-state index in [0.29, 0.717) is 17.6 Å². The van der Waals surface area contributed by atoms with Crippen LogP contribution in [0.5, 0.6) is 0 Å². The lowest BCUT2D eigenvalue weighted by Gasteiger charge is -2.52. The first-order valence-electron chi connectivity index (χ1n) is 7.37. The third-order valence-electron chi connectivity index (χ3n) is 5.00. The maximum atomic E-state index is 5.51. The molecular weight excluding hydrogens is 222 g/mol. The van der Waals surface area contributed by atoms with Gasteiger partial charge < -0.3 is 10.1 Å². The fraction of sp³-hybridized carbons (Fsp3) is 0.875. The number of allylic oxidation sites excluding steroid dienone is 2. The van der Waals surface area contributed by atoms with E-state index in [2.05, 4.69) is 39.1 Å². The van der Waals surface area contributed by atoms with Gasteiger partial charge in [0.1, 0.15) is 0 Å². The van der Waals surface area contributed by atoms with Gasteiger partial charge in [0.05, 0.1) is 6.10 Å². The largest absolute Gasteiger partial charge is 0.381 e. The average Bonchev–Trinajstić information content (AvgIpc) is 2.26. The van der Waals surface area contributed by atoms with E-state index in [1.165, 1.54) is 25.8 Å². The second kappa shape index (κ2) is 5.34. The van der Waals surface area contributed by atoms with Crippen molar-refractivity contribution in [1.29, 1.82) is 0 Å². The van der Waals surface area contributed by atoms with Crippen molar-refractivity contribution in [2.45, 2.75) is 59.1 Å². The first-order chi connectivity index (χ1) is 8.43. The van der Waals surface area contributed by atoms with Crippen molar-refractivity contribution in [2.24, 2.45) is 17.3 Å². The summed E-state index contributed by atoms with van der Waals surface area (Å²) in [5.74, 6) is 1.58. The summed E-state index contributed by atoms with van der Waals surface area (Å²) < 4.78 is 5.51. The normalized spacial score (nSPS) is 39.1. The number of rotatable bonds is 4. The van der Waals surface area contributed by atoms with Crippen molar-refractivity contribution in [3.8, 4) is 0 Å². The fourth-order valence-corrected chi connectivity index (χ4v) is 3.78. The minimum Gasteiger partial charge on any atom is -0.381 e. The predicted octanol–water partition coefficient (Wildman–Crippen LogP) is 3.38. The number of nitrogens with one attached hydrogen (secondary N) is 1. The van der Waals surface area contributed by atoms with Gasteiger partial charge in [-0.1, -0.05) is 32.4 Å². The highest BCUT2D eigenvalue weighted by Gasteiger charge is 2.48. The molecule has 0 aromatic rings. The van der Waals surface area contributed by atoms with Gasteiger partial charge in [-0.05, 0) is 44.6 Å². The van der Waals surface area contributed by atoms with E-state index in [4.69, 9.17) is 4.74 Å². The molecule has 4 atom stereocenters. The van der Waals surface area contributed by atoms with Crippen molar-refractivity contribution in [2.75, 3.05) is 13.7 Å². The summed E-state index contributed by atoms with van der Waals surface area (Å²) in [7, 11) is 1.83. The molecule has 2 nitrogen and oxygen atoms in total. The second-order valence-corrected chi connectivity index (χ2v) is 7.04. The molecule has 18 heavy (non-hydrogen) atoms. The highest BCUT2D eigenvalue weighted by atomic mass is 16.5. The fourth-order valence-electron chi connectivity index (χ4n) is 3.78. The van der Waals surface area contributed by atoms with Crippen LogP contribution in [0.25, 0.3) is 0 Å². The van der Waals surface area contributed by atoms with Crippen molar-refractivity contribution < 1.29 is 4.74 Å². The molecule has 2 rings (SSSR count). The highest BCUT2D eigenvalue weighted by Crippen LogP contribution is 2.42. The van der Waals surface area contributed by atoms with Crippen LogP contribution in [0.3, 0.4) is 0 Å². The summed E-state index contributed by atoms with van der Waals surface area (Å²) in [4.78, 5) is 0. The maximum absolute atomic E-state index is 5.51. The topological polar surface area (TPSA) is 21.3 Å².